The van der Waals surface area contributed by atoms with Crippen molar-refractivity contribution in [3.8, 4) is 0 Å². The Bertz CT molecular complexity index is 667. The van der Waals surface area contributed by atoms with E-state index in [1.54, 1.807) is 12.1 Å². The maximum absolute atomic E-state index is 12.2. The molecule has 0 saturated carbocycles. The van der Waals surface area contributed by atoms with E-state index in [1.165, 1.54) is 31.1 Å². The molecule has 1 aromatic carbocycles. The summed E-state index contributed by atoms with van der Waals surface area (Å²) in [6, 6.07) is 6.05. The van der Waals surface area contributed by atoms with E-state index in [4.69, 9.17) is 0 Å². The van der Waals surface area contributed by atoms with E-state index in [-0.39, 0.29) is 17.3 Å². The van der Waals surface area contributed by atoms with Gasteiger partial charge in [0.1, 0.15) is 0 Å². The van der Waals surface area contributed by atoms with E-state index in [1.807, 2.05) is 0 Å². The van der Waals surface area contributed by atoms with Crippen molar-refractivity contribution in [3.05, 3.63) is 42.5 Å². The number of benzene rings is 1. The highest BCUT2D eigenvalue weighted by Crippen LogP contribution is 2.14. The van der Waals surface area contributed by atoms with Crippen molar-refractivity contribution in [2.24, 2.45) is 5.92 Å². The molecule has 7 heteroatoms. The summed E-state index contributed by atoms with van der Waals surface area (Å²) in [6.07, 6.45) is 4.76. The number of hydrogen-bond donors (Lipinski definition) is 3. The lowest BCUT2D eigenvalue weighted by molar-refractivity contribution is 0.0950. The smallest absolute Gasteiger partial charge is 0.251 e. The van der Waals surface area contributed by atoms with Crippen LogP contribution >= 0.6 is 0 Å². The first kappa shape index (κ1) is 18.6. The molecule has 0 aliphatic carbocycles. The summed E-state index contributed by atoms with van der Waals surface area (Å²) in [5.41, 5.74) is 0.346. The van der Waals surface area contributed by atoms with E-state index in [0.29, 0.717) is 18.0 Å². The van der Waals surface area contributed by atoms with Crippen molar-refractivity contribution < 1.29 is 13.2 Å². The SMILES string of the molecule is C=CCNS(=O)(=O)c1cccc(C(=O)NCCC2CCCNC2)c1. The average molecular weight is 351 g/mol. The summed E-state index contributed by atoms with van der Waals surface area (Å²) in [7, 11) is -3.63. The lowest BCUT2D eigenvalue weighted by Gasteiger charge is -2.22. The fourth-order valence-electron chi connectivity index (χ4n) is 2.72. The zero-order valence-electron chi connectivity index (χ0n) is 13.8. The molecule has 6 nitrogen and oxygen atoms in total. The molecule has 0 bridgehead atoms. The Labute approximate surface area is 143 Å². The van der Waals surface area contributed by atoms with Crippen LogP contribution in [0.4, 0.5) is 0 Å². The summed E-state index contributed by atoms with van der Waals surface area (Å²) in [4.78, 5) is 12.3. The highest BCUT2D eigenvalue weighted by atomic mass is 32.2. The topological polar surface area (TPSA) is 87.3 Å². The largest absolute Gasteiger partial charge is 0.352 e. The molecule has 1 heterocycles. The molecule has 1 saturated heterocycles. The minimum Gasteiger partial charge on any atom is -0.352 e. The quantitative estimate of drug-likeness (QED) is 0.616. The maximum atomic E-state index is 12.2. The van der Waals surface area contributed by atoms with Gasteiger partial charge in [0.25, 0.3) is 5.91 Å². The fraction of sp³-hybridized carbons (Fsp3) is 0.471. The Morgan fingerprint density at radius 3 is 2.96 bits per heavy atom. The van der Waals surface area contributed by atoms with Gasteiger partial charge in [0.15, 0.2) is 0 Å². The van der Waals surface area contributed by atoms with Crippen molar-refractivity contribution in [2.75, 3.05) is 26.2 Å². The van der Waals surface area contributed by atoms with Crippen LogP contribution in [0.5, 0.6) is 0 Å². The van der Waals surface area contributed by atoms with Gasteiger partial charge in [-0.05, 0) is 56.5 Å². The van der Waals surface area contributed by atoms with Crippen LogP contribution in [0, 0.1) is 5.92 Å². The molecule has 1 atom stereocenters. The highest BCUT2D eigenvalue weighted by molar-refractivity contribution is 7.89. The number of sulfonamides is 1. The molecule has 1 aliphatic rings. The van der Waals surface area contributed by atoms with Gasteiger partial charge in [-0.2, -0.15) is 0 Å². The molecule has 2 rings (SSSR count). The zero-order chi connectivity index (χ0) is 17.4. The number of hydrogen-bond acceptors (Lipinski definition) is 4. The molecule has 0 spiro atoms. The normalized spacial score (nSPS) is 18.1. The summed E-state index contributed by atoms with van der Waals surface area (Å²) in [6.45, 7) is 6.29. The van der Waals surface area contributed by atoms with E-state index in [2.05, 4.69) is 21.9 Å². The molecule has 0 aromatic heterocycles. The van der Waals surface area contributed by atoms with Gasteiger partial charge >= 0.3 is 0 Å². The molecule has 1 unspecified atom stereocenters. The molecule has 0 radical (unpaired) electrons. The van der Waals surface area contributed by atoms with Gasteiger partial charge in [-0.3, -0.25) is 4.79 Å². The van der Waals surface area contributed by atoms with Gasteiger partial charge in [0, 0.05) is 18.7 Å². The van der Waals surface area contributed by atoms with Gasteiger partial charge in [0.05, 0.1) is 4.90 Å². The second-order valence-corrected chi connectivity index (χ2v) is 7.69. The van der Waals surface area contributed by atoms with Crippen molar-refractivity contribution in [3.63, 3.8) is 0 Å². The average Bonchev–Trinajstić information content (AvgIpc) is 2.61. The number of carbonyl (C=O) groups excluding carboxylic acids is 1. The second kappa shape index (κ2) is 8.96. The monoisotopic (exact) mass is 351 g/mol. The van der Waals surface area contributed by atoms with E-state index in [9.17, 15) is 13.2 Å². The molecule has 1 aromatic rings. The lowest BCUT2D eigenvalue weighted by Crippen LogP contribution is -2.33. The van der Waals surface area contributed by atoms with E-state index >= 15 is 0 Å². The molecule has 132 valence electrons. The Morgan fingerprint density at radius 1 is 1.42 bits per heavy atom. The predicted octanol–water partition coefficient (Wildman–Crippen LogP) is 1.27. The van der Waals surface area contributed by atoms with Gasteiger partial charge in [-0.1, -0.05) is 12.1 Å². The molecule has 24 heavy (non-hydrogen) atoms. The first-order valence-electron chi connectivity index (χ1n) is 8.22. The minimum atomic E-state index is -3.63. The van der Waals surface area contributed by atoms with Crippen LogP contribution in [0.3, 0.4) is 0 Å². The summed E-state index contributed by atoms with van der Waals surface area (Å²) >= 11 is 0. The van der Waals surface area contributed by atoms with Gasteiger partial charge in [-0.25, -0.2) is 13.1 Å². The number of piperidine rings is 1. The van der Waals surface area contributed by atoms with Crippen molar-refractivity contribution in [1.82, 2.24) is 15.4 Å². The van der Waals surface area contributed by atoms with Crippen molar-refractivity contribution >= 4 is 15.9 Å². The zero-order valence-corrected chi connectivity index (χ0v) is 14.6. The third kappa shape index (κ3) is 5.43. The van der Waals surface area contributed by atoms with Crippen LogP contribution in [-0.4, -0.2) is 40.5 Å². The van der Waals surface area contributed by atoms with Gasteiger partial charge in [-0.15, -0.1) is 6.58 Å². The number of nitrogens with one attached hydrogen (secondary N) is 3. The Hall–Kier alpha value is -1.70. The first-order valence-corrected chi connectivity index (χ1v) is 9.71. The Morgan fingerprint density at radius 2 is 2.25 bits per heavy atom. The van der Waals surface area contributed by atoms with Crippen LogP contribution in [0.2, 0.25) is 0 Å². The molecule has 1 aliphatic heterocycles. The van der Waals surface area contributed by atoms with Crippen LogP contribution in [-0.2, 0) is 10.0 Å². The molecule has 3 N–H and O–H groups in total. The third-order valence-electron chi connectivity index (χ3n) is 4.06. The minimum absolute atomic E-state index is 0.0773. The van der Waals surface area contributed by atoms with Crippen LogP contribution < -0.4 is 15.4 Å². The van der Waals surface area contributed by atoms with E-state index < -0.39 is 10.0 Å². The fourth-order valence-corrected chi connectivity index (χ4v) is 3.76. The number of amides is 1. The van der Waals surface area contributed by atoms with Gasteiger partial charge in [0.2, 0.25) is 10.0 Å². The van der Waals surface area contributed by atoms with Crippen LogP contribution in [0.15, 0.2) is 41.8 Å². The van der Waals surface area contributed by atoms with Crippen LogP contribution in [0.25, 0.3) is 0 Å². The summed E-state index contributed by atoms with van der Waals surface area (Å²) in [5, 5.41) is 6.22. The predicted molar refractivity (Wildman–Crippen MR) is 94.4 cm³/mol. The highest BCUT2D eigenvalue weighted by Gasteiger charge is 2.16. The number of rotatable bonds is 8. The van der Waals surface area contributed by atoms with Crippen molar-refractivity contribution in [2.45, 2.75) is 24.2 Å². The molecular weight excluding hydrogens is 326 g/mol. The molecule has 1 amide bonds. The third-order valence-corrected chi connectivity index (χ3v) is 5.48. The summed E-state index contributed by atoms with van der Waals surface area (Å²) in [5.74, 6) is 0.341. The molecule has 1 fully saturated rings. The van der Waals surface area contributed by atoms with Crippen LogP contribution in [0.1, 0.15) is 29.6 Å². The Balaban J connectivity index is 1.92. The lowest BCUT2D eigenvalue weighted by atomic mass is 9.96. The summed E-state index contributed by atoms with van der Waals surface area (Å²) < 4.78 is 26.6. The molecular formula is C17H25N3O3S. The second-order valence-electron chi connectivity index (χ2n) is 5.93. The standard InChI is InChI=1S/C17H25N3O3S/c1-2-9-20-24(22,23)16-7-3-6-15(12-16)17(21)19-11-8-14-5-4-10-18-13-14/h2-3,6-7,12,14,18,20H,1,4-5,8-11,13H2,(H,19,21). The van der Waals surface area contributed by atoms with Crippen molar-refractivity contribution in [1.29, 1.82) is 0 Å². The maximum Gasteiger partial charge on any atom is 0.251 e. The number of carbonyl (C=O) groups is 1. The van der Waals surface area contributed by atoms with E-state index in [0.717, 1.165) is 19.5 Å². The van der Waals surface area contributed by atoms with Gasteiger partial charge < -0.3 is 10.6 Å². The Kier molecular flexibility index (Phi) is 6.96. The first-order chi connectivity index (χ1) is 11.5.